The lowest BCUT2D eigenvalue weighted by Gasteiger charge is -2.41. The van der Waals surface area contributed by atoms with E-state index in [1.54, 1.807) is 24.3 Å². The second-order valence-corrected chi connectivity index (χ2v) is 6.34. The van der Waals surface area contributed by atoms with Crippen molar-refractivity contribution in [1.29, 1.82) is 0 Å². The molecule has 0 bridgehead atoms. The normalized spacial score (nSPS) is 30.0. The van der Waals surface area contributed by atoms with Gasteiger partial charge in [-0.2, -0.15) is 0 Å². The Hall–Kier alpha value is -2.44. The Kier molecular flexibility index (Phi) is 4.26. The number of benzene rings is 2. The third-order valence-electron chi connectivity index (χ3n) is 4.48. The molecule has 0 aliphatic carbocycles. The third kappa shape index (κ3) is 3.11. The van der Waals surface area contributed by atoms with Gasteiger partial charge in [0, 0.05) is 22.6 Å². The average Bonchev–Trinajstić information content (AvgIpc) is 2.54. The van der Waals surface area contributed by atoms with E-state index in [0.717, 1.165) is 5.56 Å². The summed E-state index contributed by atoms with van der Waals surface area (Å²) >= 11 is 0. The zero-order valence-electron chi connectivity index (χ0n) is 13.3. The molecule has 126 valence electrons. The third-order valence-corrected chi connectivity index (χ3v) is 4.48. The van der Waals surface area contributed by atoms with Crippen molar-refractivity contribution >= 4 is 5.69 Å². The van der Waals surface area contributed by atoms with Gasteiger partial charge in [0.15, 0.2) is 11.9 Å². The molecule has 1 heterocycles. The maximum Gasteiger partial charge on any atom is 0.250 e. The topological polar surface area (TPSA) is 98.6 Å². The van der Waals surface area contributed by atoms with Crippen LogP contribution in [0.1, 0.15) is 36.5 Å². The molecule has 6 nitrogen and oxygen atoms in total. The molecule has 6 heteroatoms. The minimum Gasteiger partial charge on any atom is -0.398 e. The number of nitrogens with zero attached hydrogens (tertiary/aromatic N) is 1. The number of nitro groups is 1. The van der Waals surface area contributed by atoms with Crippen LogP contribution in [0.5, 0.6) is 0 Å². The summed E-state index contributed by atoms with van der Waals surface area (Å²) in [7, 11) is 0. The molecule has 0 saturated carbocycles. The number of anilines is 1. The van der Waals surface area contributed by atoms with E-state index in [1.807, 2.05) is 30.3 Å². The molecule has 0 aromatic heterocycles. The summed E-state index contributed by atoms with van der Waals surface area (Å²) in [4.78, 5) is 11.5. The minimum atomic E-state index is -1.47. The molecule has 3 N–H and O–H groups in total. The molecule has 1 aliphatic heterocycles. The van der Waals surface area contributed by atoms with Gasteiger partial charge >= 0.3 is 0 Å². The Labute approximate surface area is 140 Å². The van der Waals surface area contributed by atoms with E-state index in [9.17, 15) is 15.2 Å². The van der Waals surface area contributed by atoms with E-state index in [0.29, 0.717) is 11.3 Å². The lowest BCUT2D eigenvalue weighted by Crippen LogP contribution is -2.48. The Morgan fingerprint density at radius 3 is 2.46 bits per heavy atom. The molecule has 24 heavy (non-hydrogen) atoms. The van der Waals surface area contributed by atoms with Crippen molar-refractivity contribution in [3.8, 4) is 0 Å². The van der Waals surface area contributed by atoms with Crippen LogP contribution in [-0.2, 0) is 4.74 Å². The second-order valence-electron chi connectivity index (χ2n) is 6.34. The fraction of sp³-hybridized carbons (Fsp3) is 0.333. The highest BCUT2D eigenvalue weighted by Crippen LogP contribution is 2.46. The lowest BCUT2D eigenvalue weighted by atomic mass is 9.79. The molecule has 2 aromatic carbocycles. The van der Waals surface area contributed by atoms with Gasteiger partial charge in [-0.3, -0.25) is 10.1 Å². The molecule has 1 fully saturated rings. The molecule has 3 rings (SSSR count). The lowest BCUT2D eigenvalue weighted by molar-refractivity contribution is -0.555. The monoisotopic (exact) mass is 328 g/mol. The predicted molar refractivity (Wildman–Crippen MR) is 89.9 cm³/mol. The average molecular weight is 328 g/mol. The Morgan fingerprint density at radius 2 is 1.83 bits per heavy atom. The predicted octanol–water partition coefficient (Wildman–Crippen LogP) is 2.87. The number of para-hydroxylation sites is 1. The van der Waals surface area contributed by atoms with Crippen LogP contribution in [0.15, 0.2) is 54.6 Å². The van der Waals surface area contributed by atoms with Gasteiger partial charge in [-0.05, 0) is 18.6 Å². The molecular weight excluding hydrogens is 308 g/mol. The first-order valence-corrected chi connectivity index (χ1v) is 7.82. The second kappa shape index (κ2) is 6.22. The zero-order valence-corrected chi connectivity index (χ0v) is 13.3. The van der Waals surface area contributed by atoms with Crippen molar-refractivity contribution in [2.45, 2.75) is 37.2 Å². The van der Waals surface area contributed by atoms with Gasteiger partial charge in [-0.15, -0.1) is 0 Å². The fourth-order valence-corrected chi connectivity index (χ4v) is 3.42. The van der Waals surface area contributed by atoms with E-state index in [4.69, 9.17) is 10.5 Å². The van der Waals surface area contributed by atoms with Gasteiger partial charge in [-0.25, -0.2) is 0 Å². The smallest absolute Gasteiger partial charge is 0.250 e. The van der Waals surface area contributed by atoms with E-state index < -0.39 is 23.9 Å². The number of ether oxygens (including phenoxy) is 1. The molecule has 0 unspecified atom stereocenters. The van der Waals surface area contributed by atoms with E-state index >= 15 is 0 Å². The fourth-order valence-electron chi connectivity index (χ4n) is 3.42. The Morgan fingerprint density at radius 1 is 1.21 bits per heavy atom. The summed E-state index contributed by atoms with van der Waals surface area (Å²) in [6.07, 6.45) is -0.776. The Bertz CT molecular complexity index is 733. The number of nitrogens with two attached hydrogens (primary N) is 1. The van der Waals surface area contributed by atoms with Crippen LogP contribution in [0.4, 0.5) is 5.69 Å². The zero-order chi connectivity index (χ0) is 17.3. The van der Waals surface area contributed by atoms with Crippen LogP contribution < -0.4 is 5.73 Å². The van der Waals surface area contributed by atoms with Crippen LogP contribution >= 0.6 is 0 Å². The maximum atomic E-state index is 11.8. The first kappa shape index (κ1) is 16.4. The summed E-state index contributed by atoms with van der Waals surface area (Å²) in [5.74, 6) is -1.95. The SMILES string of the molecule is C[C@@]1(O)C[C@@H](c2ccccc2)[C@H]([N+](=O)[O-])[C@@H](c2ccccc2N)O1. The standard InChI is InChI=1S/C18H20N2O4/c1-18(21)11-14(12-7-3-2-4-8-12)16(20(22)23)17(24-18)13-9-5-6-10-15(13)19/h2-10,14,16-17,21H,11,19H2,1H3/t14-,16-,17+,18-/m0/s1. The molecule has 4 atom stereocenters. The summed E-state index contributed by atoms with van der Waals surface area (Å²) < 4.78 is 5.70. The number of hydrogen-bond donors (Lipinski definition) is 2. The van der Waals surface area contributed by atoms with Crippen LogP contribution in [0.3, 0.4) is 0 Å². The highest BCUT2D eigenvalue weighted by molar-refractivity contribution is 5.48. The van der Waals surface area contributed by atoms with Crippen molar-refractivity contribution in [2.75, 3.05) is 5.73 Å². The van der Waals surface area contributed by atoms with E-state index in [2.05, 4.69) is 0 Å². The van der Waals surface area contributed by atoms with Gasteiger partial charge in [-0.1, -0.05) is 48.5 Å². The van der Waals surface area contributed by atoms with Gasteiger partial charge in [0.2, 0.25) is 6.04 Å². The Balaban J connectivity index is 2.10. The number of hydrogen-bond acceptors (Lipinski definition) is 5. The van der Waals surface area contributed by atoms with E-state index in [-0.39, 0.29) is 11.3 Å². The quantitative estimate of drug-likeness (QED) is 0.513. The van der Waals surface area contributed by atoms with Crippen molar-refractivity contribution in [3.63, 3.8) is 0 Å². The van der Waals surface area contributed by atoms with Crippen molar-refractivity contribution in [1.82, 2.24) is 0 Å². The first-order chi connectivity index (χ1) is 11.4. The van der Waals surface area contributed by atoms with Gasteiger partial charge in [0.05, 0.1) is 5.92 Å². The van der Waals surface area contributed by atoms with Crippen LogP contribution in [0.25, 0.3) is 0 Å². The maximum absolute atomic E-state index is 11.8. The van der Waals surface area contributed by atoms with Crippen molar-refractivity contribution in [2.24, 2.45) is 0 Å². The summed E-state index contributed by atoms with van der Waals surface area (Å²) in [6.45, 7) is 1.53. The molecule has 2 aromatic rings. The molecule has 0 radical (unpaired) electrons. The first-order valence-electron chi connectivity index (χ1n) is 7.82. The minimum absolute atomic E-state index is 0.145. The summed E-state index contributed by atoms with van der Waals surface area (Å²) in [5, 5.41) is 22.4. The molecule has 1 saturated heterocycles. The van der Waals surface area contributed by atoms with Gasteiger partial charge in [0.1, 0.15) is 0 Å². The molecule has 0 spiro atoms. The highest BCUT2D eigenvalue weighted by Gasteiger charge is 2.51. The number of nitrogen functional groups attached to an aromatic ring is 1. The van der Waals surface area contributed by atoms with E-state index in [1.165, 1.54) is 6.92 Å². The van der Waals surface area contributed by atoms with Gasteiger partial charge in [0.25, 0.3) is 0 Å². The number of aliphatic hydroxyl groups is 1. The van der Waals surface area contributed by atoms with Crippen molar-refractivity contribution < 1.29 is 14.8 Å². The van der Waals surface area contributed by atoms with Crippen LogP contribution in [-0.4, -0.2) is 21.9 Å². The number of rotatable bonds is 3. The van der Waals surface area contributed by atoms with Crippen LogP contribution in [0, 0.1) is 10.1 Å². The largest absolute Gasteiger partial charge is 0.398 e. The summed E-state index contributed by atoms with van der Waals surface area (Å²) in [6, 6.07) is 15.1. The van der Waals surface area contributed by atoms with Gasteiger partial charge < -0.3 is 15.6 Å². The van der Waals surface area contributed by atoms with Crippen LogP contribution in [0.2, 0.25) is 0 Å². The molecule has 0 amide bonds. The summed E-state index contributed by atoms with van der Waals surface area (Å²) in [5.41, 5.74) is 7.75. The molecule has 1 aliphatic rings. The molecular formula is C18H20N2O4. The van der Waals surface area contributed by atoms with Crippen molar-refractivity contribution in [3.05, 3.63) is 75.8 Å². The highest BCUT2D eigenvalue weighted by atomic mass is 16.7.